The Balaban J connectivity index is 0.00000222. The van der Waals surface area contributed by atoms with Crippen molar-refractivity contribution in [1.82, 2.24) is 15.1 Å². The number of carbonyl (C=O) groups is 1. The molecule has 0 saturated carbocycles. The predicted molar refractivity (Wildman–Crippen MR) is 246 cm³/mol. The van der Waals surface area contributed by atoms with Gasteiger partial charge in [-0.1, -0.05) is 74.6 Å². The van der Waals surface area contributed by atoms with E-state index in [4.69, 9.17) is 17.8 Å². The van der Waals surface area contributed by atoms with Crippen LogP contribution in [0.15, 0.2) is 93.9 Å². The number of hydrogen-bond acceptors (Lipinski definition) is 16. The summed E-state index contributed by atoms with van der Waals surface area (Å²) in [6, 6.07) is 10.9. The number of allylic oxidation sites excluding steroid dienone is 8. The highest BCUT2D eigenvalue weighted by Gasteiger charge is 2.45. The highest BCUT2D eigenvalue weighted by molar-refractivity contribution is 7.91. The molecule has 24 heteroatoms. The molecule has 0 spiro atoms. The molecule has 19 nitrogen and oxygen atoms in total. The Morgan fingerprint density at radius 1 is 0.954 bits per heavy atom. The van der Waals surface area contributed by atoms with Gasteiger partial charge in [0.05, 0.1) is 20.4 Å². The summed E-state index contributed by atoms with van der Waals surface area (Å²) in [6.45, 7) is 12.6. The zero-order valence-corrected chi connectivity index (χ0v) is 40.7. The number of benzene rings is 2. The van der Waals surface area contributed by atoms with Crippen molar-refractivity contribution >= 4 is 80.3 Å². The lowest BCUT2D eigenvalue weighted by molar-refractivity contribution is -0.437. The van der Waals surface area contributed by atoms with Crippen LogP contribution in [0.4, 0.5) is 16.5 Å². The Labute approximate surface area is 385 Å². The van der Waals surface area contributed by atoms with E-state index in [0.717, 1.165) is 52.4 Å². The summed E-state index contributed by atoms with van der Waals surface area (Å²) in [4.78, 5) is 16.5. The van der Waals surface area contributed by atoms with Crippen LogP contribution in [-0.4, -0.2) is 111 Å². The van der Waals surface area contributed by atoms with Crippen molar-refractivity contribution in [3.05, 3.63) is 101 Å². The minimum Gasteiger partial charge on any atom is -0.748 e. The first-order valence-corrected chi connectivity index (χ1v) is 26.5. The summed E-state index contributed by atoms with van der Waals surface area (Å²) in [7, 11) is -13.9. The summed E-state index contributed by atoms with van der Waals surface area (Å²) in [5.41, 5.74) is 5.68. The summed E-state index contributed by atoms with van der Waals surface area (Å²) >= 11 is 0.683. The molecule has 0 aliphatic carbocycles. The van der Waals surface area contributed by atoms with E-state index in [2.05, 4.69) is 56.7 Å². The van der Waals surface area contributed by atoms with E-state index in [-0.39, 0.29) is 33.1 Å². The van der Waals surface area contributed by atoms with Crippen molar-refractivity contribution in [2.45, 2.75) is 86.9 Å². The smallest absolute Gasteiger partial charge is 0.425 e. The molecular weight excluding hydrogens is 943 g/mol. The molecule has 4 N–H and O–H groups in total. The van der Waals surface area contributed by atoms with Crippen molar-refractivity contribution in [2.24, 2.45) is 5.14 Å². The second-order valence-corrected chi connectivity index (χ2v) is 22.3. The molecule has 0 fully saturated rings. The molecule has 2 aromatic carbocycles. The topological polar surface area (TPSA) is 287 Å². The Hall–Kier alpha value is -4.79. The molecule has 0 atom stereocenters. The van der Waals surface area contributed by atoms with Gasteiger partial charge in [-0.15, -0.1) is 22.8 Å². The Kier molecular flexibility index (Phi) is 17.6. The molecule has 3 heterocycles. The monoisotopic (exact) mass is 995 g/mol. The SMILES string of the molecule is CCC[N+]1=C(C=CC=CC=CC=C2N(CCCS(=O)(=O)[O-])c3ccc(CN(C)CCCC(=O)Nc4nnc(S(N)(=O)=O)s4)cc3C2(C)C)C(C)(C)c2cc(S(=O)(=O)O)ccc21.O=S(=O)=O. The van der Waals surface area contributed by atoms with Crippen molar-refractivity contribution in [1.29, 1.82) is 0 Å². The molecule has 2 aliphatic rings. The molecular formula is C41H53N7O12S5. The van der Waals surface area contributed by atoms with Crippen LogP contribution in [0.1, 0.15) is 77.0 Å². The average molecular weight is 996 g/mol. The first-order valence-electron chi connectivity index (χ1n) is 20.1. The molecule has 0 saturated heterocycles. The quantitative estimate of drug-likeness (QED) is 0.0651. The van der Waals surface area contributed by atoms with Gasteiger partial charge in [-0.25, -0.2) is 22.0 Å². The zero-order chi connectivity index (χ0) is 48.5. The van der Waals surface area contributed by atoms with E-state index >= 15 is 0 Å². The largest absolute Gasteiger partial charge is 0.748 e. The molecule has 5 rings (SSSR count). The maximum Gasteiger partial charge on any atom is 0.425 e. The molecule has 1 aromatic heterocycles. The van der Waals surface area contributed by atoms with Gasteiger partial charge < -0.3 is 19.7 Å². The number of amides is 1. The number of sulfonamides is 1. The van der Waals surface area contributed by atoms with Crippen LogP contribution in [0.2, 0.25) is 0 Å². The minimum atomic E-state index is -4.39. The number of rotatable bonds is 19. The lowest BCUT2D eigenvalue weighted by atomic mass is 9.81. The van der Waals surface area contributed by atoms with Gasteiger partial charge in [-0.3, -0.25) is 9.35 Å². The summed E-state index contributed by atoms with van der Waals surface area (Å²) in [5.74, 6) is -0.804. The fourth-order valence-electron chi connectivity index (χ4n) is 7.68. The number of carbonyl (C=O) groups excluding carboxylic acids is 1. The van der Waals surface area contributed by atoms with Gasteiger partial charge in [0, 0.05) is 66.2 Å². The predicted octanol–water partition coefficient (Wildman–Crippen LogP) is 4.35. The molecule has 1 amide bonds. The number of primary sulfonamides is 1. The van der Waals surface area contributed by atoms with Gasteiger partial charge >= 0.3 is 10.6 Å². The first kappa shape index (κ1) is 52.8. The van der Waals surface area contributed by atoms with Gasteiger partial charge in [-0.2, -0.15) is 13.0 Å². The third-order valence-corrected chi connectivity index (χ3v) is 14.4. The fraction of sp³-hybridized carbons (Fsp3) is 0.415. The summed E-state index contributed by atoms with van der Waals surface area (Å²) in [6.07, 6.45) is 15.3. The molecule has 354 valence electrons. The second kappa shape index (κ2) is 21.7. The summed E-state index contributed by atoms with van der Waals surface area (Å²) in [5, 5.41) is 14.8. The van der Waals surface area contributed by atoms with E-state index in [1.807, 2.05) is 75.6 Å². The molecule has 65 heavy (non-hydrogen) atoms. The van der Waals surface area contributed by atoms with Crippen molar-refractivity contribution in [3.8, 4) is 0 Å². The maximum absolute atomic E-state index is 12.4. The standard InChI is InChI=1S/C41H53N7O9S4.O3S/c1-7-22-47-34-21-19-30(61(55,56)57)27-32(34)41(4,5)35(47)15-11-9-8-10-12-16-36-40(2,3)31-26-29(18-20-33(31)48(36)24-14-25-59(50,51)52)28-46(6)23-13-17-37(49)43-38-44-45-39(58-38)60(42,53)54;1-4(2)3/h8-12,15-16,18-21,26-27H,7,13-14,17,22-25,28H2,1-6H3,(H4-,42,43,44,49,50,51,52,53,54,55,56,57);. The van der Waals surface area contributed by atoms with Crippen LogP contribution < -0.4 is 15.4 Å². The second-order valence-electron chi connectivity index (χ2n) is 16.3. The number of anilines is 2. The van der Waals surface area contributed by atoms with E-state index in [1.165, 1.54) is 6.07 Å². The van der Waals surface area contributed by atoms with E-state index in [9.17, 15) is 39.2 Å². The first-order chi connectivity index (χ1) is 30.2. The van der Waals surface area contributed by atoms with Crippen LogP contribution >= 0.6 is 11.3 Å². The Morgan fingerprint density at radius 3 is 2.23 bits per heavy atom. The molecule has 3 aromatic rings. The molecule has 0 radical (unpaired) electrons. The van der Waals surface area contributed by atoms with Crippen LogP contribution in [0.5, 0.6) is 0 Å². The zero-order valence-electron chi connectivity index (χ0n) is 36.7. The van der Waals surface area contributed by atoms with Crippen LogP contribution in [-0.2, 0) is 63.0 Å². The number of aromatic nitrogens is 2. The Morgan fingerprint density at radius 2 is 1.62 bits per heavy atom. The minimum absolute atomic E-state index is 0.0534. The van der Waals surface area contributed by atoms with Gasteiger partial charge in [0.15, 0.2) is 5.71 Å². The highest BCUT2D eigenvalue weighted by Crippen LogP contribution is 2.48. The van der Waals surface area contributed by atoms with Gasteiger partial charge in [0.2, 0.25) is 21.1 Å². The number of nitrogens with one attached hydrogen (secondary N) is 1. The van der Waals surface area contributed by atoms with Crippen LogP contribution in [0, 0.1) is 0 Å². The lowest BCUT2D eigenvalue weighted by Crippen LogP contribution is -2.28. The van der Waals surface area contributed by atoms with E-state index in [1.54, 1.807) is 12.1 Å². The van der Waals surface area contributed by atoms with Gasteiger partial charge in [-0.05, 0) is 75.7 Å². The number of nitrogens with zero attached hydrogens (tertiary/aromatic N) is 5. The van der Waals surface area contributed by atoms with Crippen molar-refractivity contribution in [3.63, 3.8) is 0 Å². The molecule has 2 aliphatic heterocycles. The lowest BCUT2D eigenvalue weighted by Gasteiger charge is -2.27. The van der Waals surface area contributed by atoms with Gasteiger partial charge in [0.1, 0.15) is 6.54 Å². The van der Waals surface area contributed by atoms with Crippen molar-refractivity contribution < 1.29 is 56.4 Å². The number of fused-ring (bicyclic) bond motifs is 2. The maximum atomic E-state index is 12.4. The van der Waals surface area contributed by atoms with E-state index < -0.39 is 57.5 Å². The molecule has 0 bridgehead atoms. The third kappa shape index (κ3) is 14.4. The van der Waals surface area contributed by atoms with Gasteiger partial charge in [0.25, 0.3) is 20.1 Å². The Bertz CT molecular complexity index is 2880. The number of nitrogens with two attached hydrogens (primary N) is 1. The molecule has 0 unspecified atom stereocenters. The normalized spacial score (nSPS) is 16.5. The summed E-state index contributed by atoms with van der Waals surface area (Å²) < 4.78 is 118. The van der Waals surface area contributed by atoms with Crippen LogP contribution in [0.3, 0.4) is 0 Å². The van der Waals surface area contributed by atoms with Crippen molar-refractivity contribution in [2.75, 3.05) is 42.7 Å². The number of hydrogen-bond donors (Lipinski definition) is 3. The van der Waals surface area contributed by atoms with E-state index in [0.29, 0.717) is 37.4 Å². The highest BCUT2D eigenvalue weighted by atomic mass is 32.2. The fourth-order valence-corrected chi connectivity index (χ4v) is 10.0. The third-order valence-electron chi connectivity index (χ3n) is 10.6. The average Bonchev–Trinajstić information content (AvgIpc) is 3.80. The van der Waals surface area contributed by atoms with Crippen LogP contribution in [0.25, 0.3) is 0 Å².